The maximum absolute atomic E-state index is 13.4. The van der Waals surface area contributed by atoms with E-state index in [9.17, 15) is 14.4 Å². The SMILES string of the molecule is CN1CCN(C(=O)CN2C(=O)c3ccccc3N3C(=O)c4ccccc4C23)CC1. The molecule has 1 fully saturated rings. The largest absolute Gasteiger partial charge is 0.339 e. The maximum Gasteiger partial charge on any atom is 0.260 e. The normalized spacial score (nSPS) is 21.1. The first-order valence-electron chi connectivity index (χ1n) is 9.85. The number of likely N-dealkylation sites (N-methyl/N-ethyl adjacent to an activating group) is 1. The van der Waals surface area contributed by atoms with Crippen LogP contribution in [0.15, 0.2) is 48.5 Å². The molecule has 0 radical (unpaired) electrons. The fourth-order valence-electron chi connectivity index (χ4n) is 4.44. The molecule has 5 rings (SSSR count). The predicted molar refractivity (Wildman–Crippen MR) is 108 cm³/mol. The third kappa shape index (κ3) is 2.73. The first-order valence-corrected chi connectivity index (χ1v) is 9.85. The monoisotopic (exact) mass is 390 g/mol. The summed E-state index contributed by atoms with van der Waals surface area (Å²) >= 11 is 0. The van der Waals surface area contributed by atoms with E-state index in [1.54, 1.807) is 39.0 Å². The van der Waals surface area contributed by atoms with Crippen molar-refractivity contribution in [2.75, 3.05) is 44.7 Å². The van der Waals surface area contributed by atoms with Crippen LogP contribution >= 0.6 is 0 Å². The Kier molecular flexibility index (Phi) is 4.13. The second-order valence-corrected chi connectivity index (χ2v) is 7.77. The van der Waals surface area contributed by atoms with Crippen molar-refractivity contribution in [1.29, 1.82) is 0 Å². The van der Waals surface area contributed by atoms with Gasteiger partial charge in [0.15, 0.2) is 0 Å². The minimum absolute atomic E-state index is 0.0420. The van der Waals surface area contributed by atoms with E-state index in [0.29, 0.717) is 29.9 Å². The number of hydrogen-bond acceptors (Lipinski definition) is 4. The fraction of sp³-hybridized carbons (Fsp3) is 0.318. The third-order valence-electron chi connectivity index (χ3n) is 6.04. The Hall–Kier alpha value is -3.19. The number of carbonyl (C=O) groups is 3. The van der Waals surface area contributed by atoms with Gasteiger partial charge >= 0.3 is 0 Å². The summed E-state index contributed by atoms with van der Waals surface area (Å²) in [5.41, 5.74) is 2.41. The summed E-state index contributed by atoms with van der Waals surface area (Å²) in [6.07, 6.45) is -0.586. The zero-order valence-electron chi connectivity index (χ0n) is 16.2. The summed E-state index contributed by atoms with van der Waals surface area (Å²) in [6, 6.07) is 14.5. The van der Waals surface area contributed by atoms with Crippen LogP contribution in [0.25, 0.3) is 0 Å². The van der Waals surface area contributed by atoms with Crippen LogP contribution in [0.5, 0.6) is 0 Å². The Bertz CT molecular complexity index is 1010. The third-order valence-corrected chi connectivity index (χ3v) is 6.04. The van der Waals surface area contributed by atoms with Crippen LogP contribution in [-0.2, 0) is 4.79 Å². The Labute approximate surface area is 169 Å². The number of carbonyl (C=O) groups excluding carboxylic acids is 3. The number of fused-ring (bicyclic) bond motifs is 5. The molecule has 2 aromatic carbocycles. The molecule has 0 saturated carbocycles. The molecule has 3 aliphatic heterocycles. The molecular formula is C22H22N4O3. The maximum atomic E-state index is 13.4. The van der Waals surface area contributed by atoms with Crippen LogP contribution in [0.2, 0.25) is 0 Å². The Balaban J connectivity index is 1.54. The molecule has 0 aliphatic carbocycles. The van der Waals surface area contributed by atoms with Crippen molar-refractivity contribution >= 4 is 23.4 Å². The average Bonchev–Trinajstić information content (AvgIpc) is 3.04. The van der Waals surface area contributed by atoms with Crippen LogP contribution in [0.3, 0.4) is 0 Å². The molecule has 3 amide bonds. The van der Waals surface area contributed by atoms with Crippen LogP contribution < -0.4 is 4.90 Å². The molecule has 2 aromatic rings. The predicted octanol–water partition coefficient (Wildman–Crippen LogP) is 1.58. The molecular weight excluding hydrogens is 368 g/mol. The van der Waals surface area contributed by atoms with E-state index in [2.05, 4.69) is 4.90 Å². The van der Waals surface area contributed by atoms with Crippen LogP contribution in [0.4, 0.5) is 5.69 Å². The highest BCUT2D eigenvalue weighted by molar-refractivity contribution is 6.17. The number of hydrogen-bond donors (Lipinski definition) is 0. The zero-order chi connectivity index (χ0) is 20.1. The van der Waals surface area contributed by atoms with E-state index in [-0.39, 0.29) is 24.3 Å². The quantitative estimate of drug-likeness (QED) is 0.781. The van der Waals surface area contributed by atoms with Gasteiger partial charge in [0, 0.05) is 37.3 Å². The molecule has 3 heterocycles. The van der Waals surface area contributed by atoms with Crippen LogP contribution in [0.1, 0.15) is 32.4 Å². The molecule has 1 unspecified atom stereocenters. The summed E-state index contributed by atoms with van der Waals surface area (Å²) in [5, 5.41) is 0. The van der Waals surface area contributed by atoms with E-state index in [0.717, 1.165) is 18.7 Å². The van der Waals surface area contributed by atoms with Gasteiger partial charge in [-0.05, 0) is 25.2 Å². The number of nitrogens with zero attached hydrogens (tertiary/aromatic N) is 4. The van der Waals surface area contributed by atoms with Crippen LogP contribution in [-0.4, -0.2) is 72.2 Å². The molecule has 1 saturated heterocycles. The molecule has 7 nitrogen and oxygen atoms in total. The highest BCUT2D eigenvalue weighted by Gasteiger charge is 2.48. The van der Waals surface area contributed by atoms with Crippen molar-refractivity contribution in [3.8, 4) is 0 Å². The summed E-state index contributed by atoms with van der Waals surface area (Å²) < 4.78 is 0. The van der Waals surface area contributed by atoms with E-state index < -0.39 is 6.17 Å². The highest BCUT2D eigenvalue weighted by Crippen LogP contribution is 2.44. The van der Waals surface area contributed by atoms with Crippen molar-refractivity contribution < 1.29 is 14.4 Å². The van der Waals surface area contributed by atoms with Crippen molar-refractivity contribution in [1.82, 2.24) is 14.7 Å². The lowest BCUT2D eigenvalue weighted by molar-refractivity contribution is -0.134. The molecule has 0 bridgehead atoms. The molecule has 29 heavy (non-hydrogen) atoms. The topological polar surface area (TPSA) is 64.2 Å². The second-order valence-electron chi connectivity index (χ2n) is 7.77. The summed E-state index contributed by atoms with van der Waals surface area (Å²) in [7, 11) is 2.03. The zero-order valence-corrected chi connectivity index (χ0v) is 16.2. The standard InChI is InChI=1S/C22H22N4O3/c1-23-10-12-24(13-11-23)19(27)14-25-20-15-6-2-3-7-16(15)22(29)26(20)18-9-5-4-8-17(18)21(25)28/h2-9,20H,10-14H2,1H3. The van der Waals surface area contributed by atoms with Crippen molar-refractivity contribution in [3.05, 3.63) is 65.2 Å². The molecule has 7 heteroatoms. The second kappa shape index (κ2) is 6.70. The lowest BCUT2D eigenvalue weighted by Gasteiger charge is -2.41. The molecule has 0 aromatic heterocycles. The van der Waals surface area contributed by atoms with Gasteiger partial charge in [0.25, 0.3) is 11.8 Å². The molecule has 3 aliphatic rings. The number of para-hydroxylation sites is 1. The average molecular weight is 390 g/mol. The van der Waals surface area contributed by atoms with Gasteiger partial charge < -0.3 is 14.7 Å². The smallest absolute Gasteiger partial charge is 0.260 e. The Morgan fingerprint density at radius 2 is 1.55 bits per heavy atom. The number of rotatable bonds is 2. The van der Waals surface area contributed by atoms with Gasteiger partial charge in [0.05, 0.1) is 11.3 Å². The molecule has 148 valence electrons. The number of piperazine rings is 1. The summed E-state index contributed by atoms with van der Waals surface area (Å²) in [5.74, 6) is -0.431. The first-order chi connectivity index (χ1) is 14.1. The summed E-state index contributed by atoms with van der Waals surface area (Å²) in [6.45, 7) is 2.90. The van der Waals surface area contributed by atoms with Crippen molar-refractivity contribution in [2.24, 2.45) is 0 Å². The number of benzene rings is 2. The van der Waals surface area contributed by atoms with Crippen LogP contribution in [0, 0.1) is 0 Å². The minimum Gasteiger partial charge on any atom is -0.339 e. The van der Waals surface area contributed by atoms with Crippen molar-refractivity contribution in [2.45, 2.75) is 6.17 Å². The fourth-order valence-corrected chi connectivity index (χ4v) is 4.44. The van der Waals surface area contributed by atoms with E-state index in [1.807, 2.05) is 31.3 Å². The minimum atomic E-state index is -0.586. The molecule has 0 spiro atoms. The van der Waals surface area contributed by atoms with Gasteiger partial charge in [0.1, 0.15) is 12.7 Å². The van der Waals surface area contributed by atoms with Gasteiger partial charge in [-0.3, -0.25) is 19.3 Å². The molecule has 1 atom stereocenters. The van der Waals surface area contributed by atoms with Gasteiger partial charge in [-0.2, -0.15) is 0 Å². The lowest BCUT2D eigenvalue weighted by atomic mass is 10.0. The Morgan fingerprint density at radius 1 is 0.897 bits per heavy atom. The van der Waals surface area contributed by atoms with Gasteiger partial charge in [-0.1, -0.05) is 30.3 Å². The van der Waals surface area contributed by atoms with E-state index in [1.165, 1.54) is 0 Å². The van der Waals surface area contributed by atoms with Gasteiger partial charge in [-0.15, -0.1) is 0 Å². The molecule has 0 N–H and O–H groups in total. The summed E-state index contributed by atoms with van der Waals surface area (Å²) in [4.78, 5) is 46.7. The van der Waals surface area contributed by atoms with E-state index in [4.69, 9.17) is 0 Å². The van der Waals surface area contributed by atoms with Gasteiger partial charge in [-0.25, -0.2) is 0 Å². The Morgan fingerprint density at radius 3 is 2.31 bits per heavy atom. The van der Waals surface area contributed by atoms with E-state index >= 15 is 0 Å². The number of anilines is 1. The van der Waals surface area contributed by atoms with Gasteiger partial charge in [0.2, 0.25) is 5.91 Å². The lowest BCUT2D eigenvalue weighted by Crippen LogP contribution is -2.54. The highest BCUT2D eigenvalue weighted by atomic mass is 16.2. The number of amides is 3. The first kappa shape index (κ1) is 17.9. The van der Waals surface area contributed by atoms with Crippen molar-refractivity contribution in [3.63, 3.8) is 0 Å².